The topological polar surface area (TPSA) is 82.2 Å². The molecule has 0 aliphatic heterocycles. The van der Waals surface area contributed by atoms with Gasteiger partial charge in [-0.2, -0.15) is 10.2 Å². The highest BCUT2D eigenvalue weighted by molar-refractivity contribution is 5.76. The Kier molecular flexibility index (Phi) is 6.66. The predicted octanol–water partition coefficient (Wildman–Crippen LogP) is 4.03. The van der Waals surface area contributed by atoms with Gasteiger partial charge < -0.3 is 9.84 Å². The minimum Gasteiger partial charge on any atom is -0.389 e. The quantitative estimate of drug-likeness (QED) is 0.357. The van der Waals surface area contributed by atoms with Gasteiger partial charge in [-0.25, -0.2) is 18.1 Å². The fourth-order valence-electron chi connectivity index (χ4n) is 3.92. The second kappa shape index (κ2) is 10.2. The molecule has 2 heterocycles. The molecule has 182 valence electrons. The Bertz CT molecular complexity index is 1470. The molecule has 0 aliphatic rings. The van der Waals surface area contributed by atoms with Crippen molar-refractivity contribution in [1.82, 2.24) is 19.6 Å². The summed E-state index contributed by atoms with van der Waals surface area (Å²) in [7, 11) is 0. The van der Waals surface area contributed by atoms with Crippen LogP contribution in [-0.4, -0.2) is 37.4 Å². The first kappa shape index (κ1) is 23.5. The van der Waals surface area contributed by atoms with Crippen molar-refractivity contribution >= 4 is 10.9 Å². The lowest BCUT2D eigenvalue weighted by atomic mass is 10.0. The number of hydrogen-bond acceptors (Lipinski definition) is 5. The Morgan fingerprint density at radius 3 is 2.11 bits per heavy atom. The molecule has 0 saturated heterocycles. The number of aliphatic hydroxyl groups excluding tert-OH is 1. The summed E-state index contributed by atoms with van der Waals surface area (Å²) in [6, 6.07) is 20.9. The lowest BCUT2D eigenvalue weighted by Crippen LogP contribution is -2.31. The van der Waals surface area contributed by atoms with E-state index in [4.69, 9.17) is 4.74 Å². The van der Waals surface area contributed by atoms with E-state index in [1.54, 1.807) is 35.1 Å². The van der Waals surface area contributed by atoms with Gasteiger partial charge in [0, 0.05) is 11.6 Å². The van der Waals surface area contributed by atoms with Crippen LogP contribution in [-0.2, 0) is 11.3 Å². The predicted molar refractivity (Wildman–Crippen MR) is 130 cm³/mol. The number of benzene rings is 3. The molecule has 7 nitrogen and oxygen atoms in total. The first-order chi connectivity index (χ1) is 17.5. The highest BCUT2D eigenvalue weighted by Gasteiger charge is 2.19. The van der Waals surface area contributed by atoms with Gasteiger partial charge in [0.1, 0.15) is 17.7 Å². The van der Waals surface area contributed by atoms with Crippen LogP contribution in [0.5, 0.6) is 0 Å². The largest absolute Gasteiger partial charge is 0.389 e. The fourth-order valence-corrected chi connectivity index (χ4v) is 3.92. The summed E-state index contributed by atoms with van der Waals surface area (Å²) in [4.78, 5) is 13.0. The number of para-hydroxylation sites is 1. The van der Waals surface area contributed by atoms with Gasteiger partial charge in [-0.15, -0.1) is 0 Å². The Balaban J connectivity index is 1.33. The summed E-state index contributed by atoms with van der Waals surface area (Å²) < 4.78 is 35.6. The Morgan fingerprint density at radius 2 is 1.50 bits per heavy atom. The fraction of sp³-hybridized carbons (Fsp3) is 0.148. The molecular weight excluding hydrogens is 466 g/mol. The minimum absolute atomic E-state index is 0.119. The van der Waals surface area contributed by atoms with E-state index in [1.165, 1.54) is 30.5 Å². The number of halogens is 2. The van der Waals surface area contributed by atoms with Crippen LogP contribution in [0.4, 0.5) is 8.78 Å². The van der Waals surface area contributed by atoms with Gasteiger partial charge in [0.25, 0.3) is 5.56 Å². The van der Waals surface area contributed by atoms with Gasteiger partial charge >= 0.3 is 0 Å². The van der Waals surface area contributed by atoms with Crippen molar-refractivity contribution in [2.45, 2.75) is 18.8 Å². The van der Waals surface area contributed by atoms with Gasteiger partial charge in [0.15, 0.2) is 5.52 Å². The van der Waals surface area contributed by atoms with E-state index in [2.05, 4.69) is 10.2 Å². The summed E-state index contributed by atoms with van der Waals surface area (Å²) in [6.07, 6.45) is 1.50. The van der Waals surface area contributed by atoms with E-state index in [0.29, 0.717) is 16.5 Å². The van der Waals surface area contributed by atoms with Crippen LogP contribution in [0.15, 0.2) is 96.1 Å². The Hall–Kier alpha value is -4.21. The summed E-state index contributed by atoms with van der Waals surface area (Å²) in [6.45, 7) is -0.267. The number of aromatic nitrogens is 4. The molecule has 0 spiro atoms. The number of aliphatic hydroxyl groups is 1. The molecule has 0 amide bonds. The van der Waals surface area contributed by atoms with Crippen LogP contribution in [0.1, 0.15) is 17.2 Å². The molecule has 0 radical (unpaired) electrons. The first-order valence-electron chi connectivity index (χ1n) is 11.3. The summed E-state index contributed by atoms with van der Waals surface area (Å²) in [5.41, 5.74) is 1.88. The average molecular weight is 488 g/mol. The van der Waals surface area contributed by atoms with E-state index in [0.717, 1.165) is 10.4 Å². The van der Waals surface area contributed by atoms with Gasteiger partial charge in [-0.1, -0.05) is 42.5 Å². The number of hydrogen-bond donors (Lipinski definition) is 1. The molecule has 1 atom stereocenters. The molecule has 3 aromatic carbocycles. The maximum Gasteiger partial charge on any atom is 0.295 e. The number of ether oxygens (including phenoxy) is 1. The van der Waals surface area contributed by atoms with Crippen LogP contribution in [0.25, 0.3) is 16.6 Å². The van der Waals surface area contributed by atoms with Crippen LogP contribution in [0.2, 0.25) is 0 Å². The SMILES string of the molecule is O=c1c2nn(-c3ccccc3)cc2cnn1CC(O)COC(c1ccc(F)cc1)c1ccc(F)cc1. The van der Waals surface area contributed by atoms with E-state index in [-0.39, 0.29) is 18.7 Å². The zero-order chi connectivity index (χ0) is 25.1. The lowest BCUT2D eigenvalue weighted by Gasteiger charge is -2.21. The summed E-state index contributed by atoms with van der Waals surface area (Å²) in [5.74, 6) is -0.792. The van der Waals surface area contributed by atoms with E-state index in [9.17, 15) is 18.7 Å². The molecule has 2 aromatic heterocycles. The molecule has 0 aliphatic carbocycles. The number of rotatable bonds is 8. The van der Waals surface area contributed by atoms with Crippen molar-refractivity contribution in [3.05, 3.63) is 124 Å². The molecule has 1 N–H and O–H groups in total. The normalized spacial score (nSPS) is 12.3. The van der Waals surface area contributed by atoms with Crippen molar-refractivity contribution in [1.29, 1.82) is 0 Å². The van der Waals surface area contributed by atoms with Crippen molar-refractivity contribution in [3.63, 3.8) is 0 Å². The van der Waals surface area contributed by atoms with Gasteiger partial charge in [-0.05, 0) is 47.5 Å². The van der Waals surface area contributed by atoms with Crippen LogP contribution in [0.3, 0.4) is 0 Å². The van der Waals surface area contributed by atoms with Crippen LogP contribution in [0, 0.1) is 11.6 Å². The third kappa shape index (κ3) is 5.07. The van der Waals surface area contributed by atoms with E-state index < -0.39 is 29.4 Å². The molecule has 5 rings (SSSR count). The molecule has 0 saturated carbocycles. The van der Waals surface area contributed by atoms with Crippen molar-refractivity contribution < 1.29 is 18.6 Å². The second-order valence-corrected chi connectivity index (χ2v) is 8.32. The molecule has 1 unspecified atom stereocenters. The number of fused-ring (bicyclic) bond motifs is 1. The molecule has 36 heavy (non-hydrogen) atoms. The number of nitrogens with zero attached hydrogens (tertiary/aromatic N) is 4. The highest BCUT2D eigenvalue weighted by Crippen LogP contribution is 2.27. The molecular formula is C27H22F2N4O3. The van der Waals surface area contributed by atoms with E-state index >= 15 is 0 Å². The summed E-state index contributed by atoms with van der Waals surface area (Å²) in [5, 5.41) is 19.8. The third-order valence-corrected chi connectivity index (χ3v) is 5.72. The average Bonchev–Trinajstić information content (AvgIpc) is 3.34. The second-order valence-electron chi connectivity index (χ2n) is 8.32. The van der Waals surface area contributed by atoms with Gasteiger partial charge in [0.2, 0.25) is 0 Å². The smallest absolute Gasteiger partial charge is 0.295 e. The van der Waals surface area contributed by atoms with Crippen molar-refractivity contribution in [2.75, 3.05) is 6.61 Å². The van der Waals surface area contributed by atoms with Gasteiger partial charge in [-0.3, -0.25) is 4.79 Å². The monoisotopic (exact) mass is 488 g/mol. The van der Waals surface area contributed by atoms with Crippen molar-refractivity contribution in [2.24, 2.45) is 0 Å². The van der Waals surface area contributed by atoms with Crippen LogP contribution >= 0.6 is 0 Å². The van der Waals surface area contributed by atoms with Crippen molar-refractivity contribution in [3.8, 4) is 5.69 Å². The first-order valence-corrected chi connectivity index (χ1v) is 11.3. The summed E-state index contributed by atoms with van der Waals surface area (Å²) >= 11 is 0. The molecule has 9 heteroatoms. The Labute approximate surface area is 204 Å². The minimum atomic E-state index is -1.08. The molecule has 0 bridgehead atoms. The zero-order valence-corrected chi connectivity index (χ0v) is 19.0. The van der Waals surface area contributed by atoms with E-state index in [1.807, 2.05) is 30.3 Å². The van der Waals surface area contributed by atoms with Crippen LogP contribution < -0.4 is 5.56 Å². The lowest BCUT2D eigenvalue weighted by molar-refractivity contribution is -0.00243. The zero-order valence-electron chi connectivity index (χ0n) is 19.0. The third-order valence-electron chi connectivity index (χ3n) is 5.72. The standard InChI is InChI=1S/C27H22F2N4O3/c28-21-10-6-18(7-11-21)26(19-8-12-22(29)13-9-19)36-17-24(34)16-33-27(35)25-20(14-30-33)15-32(31-25)23-4-2-1-3-5-23/h1-15,24,26,34H,16-17H2. The molecule has 0 fully saturated rings. The molecule has 5 aromatic rings. The highest BCUT2D eigenvalue weighted by atomic mass is 19.1. The Morgan fingerprint density at radius 1 is 0.889 bits per heavy atom. The maximum atomic E-state index is 13.4. The van der Waals surface area contributed by atoms with Gasteiger partial charge in [0.05, 0.1) is 31.1 Å². The maximum absolute atomic E-state index is 13.4.